The first kappa shape index (κ1) is 15.4. The van der Waals surface area contributed by atoms with Crippen molar-refractivity contribution in [2.24, 2.45) is 0 Å². The highest BCUT2D eigenvalue weighted by Crippen LogP contribution is 2.08. The van der Waals surface area contributed by atoms with Crippen molar-refractivity contribution >= 4 is 17.9 Å². The Balaban J connectivity index is 1.92. The van der Waals surface area contributed by atoms with E-state index in [1.807, 2.05) is 31.2 Å². The van der Waals surface area contributed by atoms with Crippen LogP contribution in [0.2, 0.25) is 0 Å². The first-order valence-electron chi connectivity index (χ1n) is 6.66. The Morgan fingerprint density at radius 2 is 1.68 bits per heavy atom. The van der Waals surface area contributed by atoms with Crippen molar-refractivity contribution in [1.82, 2.24) is 10.9 Å². The molecule has 2 rings (SSSR count). The van der Waals surface area contributed by atoms with E-state index >= 15 is 0 Å². The van der Waals surface area contributed by atoms with E-state index in [9.17, 15) is 14.0 Å². The second kappa shape index (κ2) is 7.17. The van der Waals surface area contributed by atoms with Crippen molar-refractivity contribution in [3.8, 4) is 0 Å². The van der Waals surface area contributed by atoms with Gasteiger partial charge in [0.05, 0.1) is 5.56 Å². The average Bonchev–Trinajstić information content (AvgIpc) is 2.52. The standard InChI is InChI=1S/C17H15FN2O2/c1-12-6-2-3-7-13(12)10-11-16(21)19-20-17(22)14-8-4-5-9-15(14)18/h2-11H,1H3,(H,19,21)(H,20,22)/b11-10+. The van der Waals surface area contributed by atoms with Gasteiger partial charge in [-0.05, 0) is 36.3 Å². The summed E-state index contributed by atoms with van der Waals surface area (Å²) in [5.41, 5.74) is 6.16. The molecule has 112 valence electrons. The van der Waals surface area contributed by atoms with Crippen LogP contribution in [0.3, 0.4) is 0 Å². The van der Waals surface area contributed by atoms with Gasteiger partial charge in [0.25, 0.3) is 11.8 Å². The minimum atomic E-state index is -0.712. The fourth-order valence-electron chi connectivity index (χ4n) is 1.81. The van der Waals surface area contributed by atoms with Crippen LogP contribution in [0.25, 0.3) is 6.08 Å². The van der Waals surface area contributed by atoms with Crippen LogP contribution in [0.15, 0.2) is 54.6 Å². The normalized spacial score (nSPS) is 10.5. The molecule has 2 amide bonds. The molecule has 22 heavy (non-hydrogen) atoms. The minimum absolute atomic E-state index is 0.134. The average molecular weight is 298 g/mol. The number of nitrogens with one attached hydrogen (secondary N) is 2. The van der Waals surface area contributed by atoms with Gasteiger partial charge in [-0.15, -0.1) is 0 Å². The van der Waals surface area contributed by atoms with Crippen LogP contribution < -0.4 is 10.9 Å². The van der Waals surface area contributed by atoms with E-state index in [1.54, 1.807) is 6.08 Å². The van der Waals surface area contributed by atoms with Crippen LogP contribution in [0.4, 0.5) is 4.39 Å². The van der Waals surface area contributed by atoms with Crippen LogP contribution in [0, 0.1) is 12.7 Å². The van der Waals surface area contributed by atoms with E-state index < -0.39 is 17.6 Å². The predicted octanol–water partition coefficient (Wildman–Crippen LogP) is 2.61. The monoisotopic (exact) mass is 298 g/mol. The van der Waals surface area contributed by atoms with E-state index in [4.69, 9.17) is 0 Å². The number of aryl methyl sites for hydroxylation is 1. The Kier molecular flexibility index (Phi) is 5.03. The van der Waals surface area contributed by atoms with E-state index in [-0.39, 0.29) is 5.56 Å². The minimum Gasteiger partial charge on any atom is -0.268 e. The highest BCUT2D eigenvalue weighted by Gasteiger charge is 2.10. The summed E-state index contributed by atoms with van der Waals surface area (Å²) < 4.78 is 13.4. The van der Waals surface area contributed by atoms with Crippen molar-refractivity contribution in [2.45, 2.75) is 6.92 Å². The second-order valence-corrected chi connectivity index (χ2v) is 4.61. The van der Waals surface area contributed by atoms with Crippen molar-refractivity contribution in [3.05, 3.63) is 77.1 Å². The van der Waals surface area contributed by atoms with E-state index in [0.29, 0.717) is 0 Å². The largest absolute Gasteiger partial charge is 0.272 e. The number of carbonyl (C=O) groups is 2. The number of carbonyl (C=O) groups excluding carboxylic acids is 2. The molecule has 0 saturated heterocycles. The molecule has 0 radical (unpaired) electrons. The molecule has 0 aliphatic rings. The van der Waals surface area contributed by atoms with Gasteiger partial charge in [-0.2, -0.15) is 0 Å². The zero-order valence-electron chi connectivity index (χ0n) is 12.0. The Labute approximate surface area is 127 Å². The molecule has 0 fully saturated rings. The van der Waals surface area contributed by atoms with Gasteiger partial charge in [0, 0.05) is 6.08 Å². The summed E-state index contributed by atoms with van der Waals surface area (Å²) in [4.78, 5) is 23.4. The molecule has 0 saturated carbocycles. The van der Waals surface area contributed by atoms with Crippen LogP contribution in [-0.4, -0.2) is 11.8 Å². The molecule has 0 atom stereocenters. The molecule has 2 aromatic carbocycles. The first-order chi connectivity index (χ1) is 10.6. The van der Waals surface area contributed by atoms with Gasteiger partial charge >= 0.3 is 0 Å². The molecule has 0 spiro atoms. The van der Waals surface area contributed by atoms with Gasteiger partial charge < -0.3 is 0 Å². The fourth-order valence-corrected chi connectivity index (χ4v) is 1.81. The Morgan fingerprint density at radius 3 is 2.41 bits per heavy atom. The molecule has 0 aromatic heterocycles. The summed E-state index contributed by atoms with van der Waals surface area (Å²) >= 11 is 0. The summed E-state index contributed by atoms with van der Waals surface area (Å²) in [6.07, 6.45) is 2.93. The molecule has 0 unspecified atom stereocenters. The van der Waals surface area contributed by atoms with Crippen molar-refractivity contribution < 1.29 is 14.0 Å². The van der Waals surface area contributed by atoms with E-state index in [1.165, 1.54) is 30.3 Å². The summed E-state index contributed by atoms with van der Waals surface area (Å²) in [7, 11) is 0. The molecule has 2 N–H and O–H groups in total. The van der Waals surface area contributed by atoms with Gasteiger partial charge in [-0.3, -0.25) is 20.4 Å². The maximum atomic E-state index is 13.4. The lowest BCUT2D eigenvalue weighted by Crippen LogP contribution is -2.41. The first-order valence-corrected chi connectivity index (χ1v) is 6.66. The Morgan fingerprint density at radius 1 is 1.00 bits per heavy atom. The SMILES string of the molecule is Cc1ccccc1/C=C/C(=O)NNC(=O)c1ccccc1F. The van der Waals surface area contributed by atoms with Crippen molar-refractivity contribution in [3.63, 3.8) is 0 Å². The second-order valence-electron chi connectivity index (χ2n) is 4.61. The van der Waals surface area contributed by atoms with Gasteiger partial charge in [-0.25, -0.2) is 4.39 Å². The van der Waals surface area contributed by atoms with E-state index in [2.05, 4.69) is 10.9 Å². The molecule has 4 nitrogen and oxygen atoms in total. The maximum Gasteiger partial charge on any atom is 0.272 e. The molecule has 5 heteroatoms. The number of hydrogen-bond acceptors (Lipinski definition) is 2. The molecule has 0 aliphatic heterocycles. The van der Waals surface area contributed by atoms with Gasteiger partial charge in [0.15, 0.2) is 0 Å². The third kappa shape index (κ3) is 4.02. The van der Waals surface area contributed by atoms with Crippen molar-refractivity contribution in [1.29, 1.82) is 0 Å². The molecule has 2 aromatic rings. The topological polar surface area (TPSA) is 58.2 Å². The molecular weight excluding hydrogens is 283 g/mol. The number of rotatable bonds is 3. The van der Waals surface area contributed by atoms with Gasteiger partial charge in [0.2, 0.25) is 0 Å². The third-order valence-corrected chi connectivity index (χ3v) is 3.02. The lowest BCUT2D eigenvalue weighted by Gasteiger charge is -2.06. The van der Waals surface area contributed by atoms with Crippen LogP contribution in [0.5, 0.6) is 0 Å². The zero-order valence-corrected chi connectivity index (χ0v) is 12.0. The summed E-state index contributed by atoms with van der Waals surface area (Å²) in [6.45, 7) is 1.93. The van der Waals surface area contributed by atoms with Crippen molar-refractivity contribution in [2.75, 3.05) is 0 Å². The predicted molar refractivity (Wildman–Crippen MR) is 82.2 cm³/mol. The lowest BCUT2D eigenvalue weighted by molar-refractivity contribution is -0.117. The number of hydrogen-bond donors (Lipinski definition) is 2. The fraction of sp³-hybridized carbons (Fsp3) is 0.0588. The Hall–Kier alpha value is -2.95. The smallest absolute Gasteiger partial charge is 0.268 e. The highest BCUT2D eigenvalue weighted by molar-refractivity contribution is 5.98. The zero-order chi connectivity index (χ0) is 15.9. The summed E-state index contributed by atoms with van der Waals surface area (Å²) in [6, 6.07) is 13.1. The van der Waals surface area contributed by atoms with Crippen LogP contribution in [0.1, 0.15) is 21.5 Å². The highest BCUT2D eigenvalue weighted by atomic mass is 19.1. The number of halogens is 1. The third-order valence-electron chi connectivity index (χ3n) is 3.02. The van der Waals surface area contributed by atoms with Gasteiger partial charge in [-0.1, -0.05) is 36.4 Å². The molecule has 0 aliphatic carbocycles. The van der Waals surface area contributed by atoms with E-state index in [0.717, 1.165) is 11.1 Å². The number of amides is 2. The quantitative estimate of drug-likeness (QED) is 0.676. The summed E-state index contributed by atoms with van der Waals surface area (Å²) in [5.74, 6) is -1.87. The summed E-state index contributed by atoms with van der Waals surface area (Å²) in [5, 5.41) is 0. The molecular formula is C17H15FN2O2. The Bertz CT molecular complexity index is 726. The van der Waals surface area contributed by atoms with Crippen LogP contribution in [-0.2, 0) is 4.79 Å². The van der Waals surface area contributed by atoms with Gasteiger partial charge in [0.1, 0.15) is 5.82 Å². The van der Waals surface area contributed by atoms with Crippen LogP contribution >= 0.6 is 0 Å². The lowest BCUT2D eigenvalue weighted by atomic mass is 10.1. The maximum absolute atomic E-state index is 13.4. The molecule has 0 heterocycles. The molecule has 0 bridgehead atoms. The number of benzene rings is 2. The number of hydrazine groups is 1.